The number of aryl methyl sites for hydroxylation is 1. The first-order chi connectivity index (χ1) is 13.1. The van der Waals surface area contributed by atoms with E-state index in [9.17, 15) is 4.79 Å². The number of anilines is 1. The van der Waals surface area contributed by atoms with Crippen molar-refractivity contribution in [3.8, 4) is 22.8 Å². The molecule has 138 valence electrons. The van der Waals surface area contributed by atoms with Crippen LogP contribution in [0.3, 0.4) is 0 Å². The zero-order chi connectivity index (χ0) is 19.2. The van der Waals surface area contributed by atoms with E-state index in [0.717, 1.165) is 16.8 Å². The maximum Gasteiger partial charge on any atom is 0.250 e. The Bertz CT molecular complexity index is 962. The first kappa shape index (κ1) is 18.7. The number of benzene rings is 2. The van der Waals surface area contributed by atoms with Gasteiger partial charge in [-0.3, -0.25) is 10.1 Å². The highest BCUT2D eigenvalue weighted by Crippen LogP contribution is 2.27. The Morgan fingerprint density at radius 2 is 1.89 bits per heavy atom. The highest BCUT2D eigenvalue weighted by atomic mass is 32.1. The second-order valence-electron chi connectivity index (χ2n) is 5.83. The zero-order valence-corrected chi connectivity index (χ0v) is 16.2. The molecule has 0 radical (unpaired) electrons. The van der Waals surface area contributed by atoms with Crippen LogP contribution in [0.2, 0.25) is 0 Å². The molecule has 0 fully saturated rings. The van der Waals surface area contributed by atoms with E-state index in [4.69, 9.17) is 9.47 Å². The van der Waals surface area contributed by atoms with E-state index >= 15 is 0 Å². The van der Waals surface area contributed by atoms with E-state index in [1.807, 2.05) is 48.7 Å². The molecule has 3 rings (SSSR count). The van der Waals surface area contributed by atoms with Gasteiger partial charge in [0.05, 0.1) is 19.9 Å². The van der Waals surface area contributed by atoms with Crippen molar-refractivity contribution in [1.29, 1.82) is 0 Å². The van der Waals surface area contributed by atoms with Crippen LogP contribution < -0.4 is 14.8 Å². The molecule has 27 heavy (non-hydrogen) atoms. The van der Waals surface area contributed by atoms with Crippen LogP contribution in [0.5, 0.6) is 11.5 Å². The van der Waals surface area contributed by atoms with E-state index in [-0.39, 0.29) is 5.91 Å². The lowest BCUT2D eigenvalue weighted by Gasteiger charge is -2.07. The number of methoxy groups -OCH3 is 2. The van der Waals surface area contributed by atoms with Gasteiger partial charge in [0.1, 0.15) is 11.5 Å². The zero-order valence-electron chi connectivity index (χ0n) is 15.4. The van der Waals surface area contributed by atoms with Gasteiger partial charge in [-0.25, -0.2) is 4.98 Å². The Balaban J connectivity index is 1.68. The van der Waals surface area contributed by atoms with Crippen molar-refractivity contribution in [1.82, 2.24) is 4.98 Å². The van der Waals surface area contributed by atoms with E-state index in [2.05, 4.69) is 10.3 Å². The third-order valence-corrected chi connectivity index (χ3v) is 4.69. The number of hydrogen-bond acceptors (Lipinski definition) is 5. The molecule has 0 aliphatic carbocycles. The van der Waals surface area contributed by atoms with Crippen molar-refractivity contribution in [3.05, 3.63) is 65.0 Å². The smallest absolute Gasteiger partial charge is 0.250 e. The lowest BCUT2D eigenvalue weighted by molar-refractivity contribution is -0.111. The Kier molecular flexibility index (Phi) is 5.88. The van der Waals surface area contributed by atoms with E-state index in [0.29, 0.717) is 16.6 Å². The monoisotopic (exact) mass is 380 g/mol. The summed E-state index contributed by atoms with van der Waals surface area (Å²) in [7, 11) is 3.17. The number of hydrogen-bond donors (Lipinski definition) is 1. The van der Waals surface area contributed by atoms with Gasteiger partial charge in [-0.1, -0.05) is 29.8 Å². The summed E-state index contributed by atoms with van der Waals surface area (Å²) in [6.07, 6.45) is 3.15. The predicted octanol–water partition coefficient (Wildman–Crippen LogP) is 4.79. The van der Waals surface area contributed by atoms with Crippen molar-refractivity contribution >= 4 is 28.5 Å². The van der Waals surface area contributed by atoms with Gasteiger partial charge in [-0.05, 0) is 25.1 Å². The fourth-order valence-corrected chi connectivity index (χ4v) is 3.18. The van der Waals surface area contributed by atoms with Crippen LogP contribution in [0.15, 0.2) is 53.9 Å². The van der Waals surface area contributed by atoms with Crippen molar-refractivity contribution in [3.63, 3.8) is 0 Å². The molecule has 1 N–H and O–H groups in total. The Labute approximate surface area is 162 Å². The third kappa shape index (κ3) is 4.74. The second-order valence-corrected chi connectivity index (χ2v) is 6.69. The van der Waals surface area contributed by atoms with Gasteiger partial charge < -0.3 is 9.47 Å². The SMILES string of the molecule is COc1ccc(/C=C/C(=O)Nc2nc(-c3ccc(C)cc3)cs2)c(OC)c1. The molecule has 1 heterocycles. The minimum absolute atomic E-state index is 0.252. The lowest BCUT2D eigenvalue weighted by Crippen LogP contribution is -2.07. The molecule has 3 aromatic rings. The molecule has 6 heteroatoms. The van der Waals surface area contributed by atoms with Gasteiger partial charge in [-0.15, -0.1) is 11.3 Å². The van der Waals surface area contributed by atoms with Crippen LogP contribution in [0, 0.1) is 6.92 Å². The highest BCUT2D eigenvalue weighted by molar-refractivity contribution is 7.14. The summed E-state index contributed by atoms with van der Waals surface area (Å²) >= 11 is 1.39. The molecule has 0 saturated carbocycles. The van der Waals surface area contributed by atoms with Crippen LogP contribution >= 0.6 is 11.3 Å². The topological polar surface area (TPSA) is 60.5 Å². The average molecular weight is 380 g/mol. The number of nitrogens with zero attached hydrogens (tertiary/aromatic N) is 1. The molecular weight excluding hydrogens is 360 g/mol. The van der Waals surface area contributed by atoms with E-state index < -0.39 is 0 Å². The summed E-state index contributed by atoms with van der Waals surface area (Å²) in [6, 6.07) is 13.5. The number of thiazole rings is 1. The van der Waals surface area contributed by atoms with Gasteiger partial charge in [-0.2, -0.15) is 0 Å². The molecule has 1 amide bonds. The molecule has 0 aliphatic rings. The summed E-state index contributed by atoms with van der Waals surface area (Å²) < 4.78 is 10.5. The molecule has 2 aromatic carbocycles. The van der Waals surface area contributed by atoms with Crippen LogP contribution in [-0.4, -0.2) is 25.1 Å². The number of carbonyl (C=O) groups is 1. The summed E-state index contributed by atoms with van der Waals surface area (Å²) in [6.45, 7) is 2.04. The largest absolute Gasteiger partial charge is 0.497 e. The summed E-state index contributed by atoms with van der Waals surface area (Å²) in [4.78, 5) is 16.7. The molecule has 5 nitrogen and oxygen atoms in total. The van der Waals surface area contributed by atoms with Crippen LogP contribution in [0.4, 0.5) is 5.13 Å². The number of rotatable bonds is 6. The van der Waals surface area contributed by atoms with E-state index in [1.54, 1.807) is 26.4 Å². The molecule has 0 atom stereocenters. The number of amides is 1. The quantitative estimate of drug-likeness (QED) is 0.625. The van der Waals surface area contributed by atoms with Gasteiger partial charge >= 0.3 is 0 Å². The summed E-state index contributed by atoms with van der Waals surface area (Å²) in [5.41, 5.74) is 3.85. The predicted molar refractivity (Wildman–Crippen MR) is 109 cm³/mol. The number of nitrogens with one attached hydrogen (secondary N) is 1. The van der Waals surface area contributed by atoms with Gasteiger partial charge in [0.15, 0.2) is 5.13 Å². The Hall–Kier alpha value is -3.12. The molecule has 0 unspecified atom stereocenters. The molecule has 0 bridgehead atoms. The Morgan fingerprint density at radius 1 is 1.11 bits per heavy atom. The maximum absolute atomic E-state index is 12.2. The van der Waals surface area contributed by atoms with Crippen LogP contribution in [0.1, 0.15) is 11.1 Å². The summed E-state index contributed by atoms with van der Waals surface area (Å²) in [5.74, 6) is 1.08. The number of aromatic nitrogens is 1. The Morgan fingerprint density at radius 3 is 2.59 bits per heavy atom. The molecular formula is C21H20N2O3S. The minimum Gasteiger partial charge on any atom is -0.497 e. The van der Waals surface area contributed by atoms with Crippen LogP contribution in [-0.2, 0) is 4.79 Å². The average Bonchev–Trinajstić information content (AvgIpc) is 3.15. The molecule has 0 saturated heterocycles. The standard InChI is InChI=1S/C21H20N2O3S/c1-14-4-6-15(7-5-14)18-13-27-21(22-18)23-20(24)11-9-16-8-10-17(25-2)12-19(16)26-3/h4-13H,1-3H3,(H,22,23,24)/b11-9+. The fourth-order valence-electron chi connectivity index (χ4n) is 2.46. The maximum atomic E-state index is 12.2. The van der Waals surface area contributed by atoms with Crippen LogP contribution in [0.25, 0.3) is 17.3 Å². The summed E-state index contributed by atoms with van der Waals surface area (Å²) in [5, 5.41) is 5.27. The highest BCUT2D eigenvalue weighted by Gasteiger charge is 2.07. The third-order valence-electron chi connectivity index (χ3n) is 3.94. The number of ether oxygens (including phenoxy) is 2. The van der Waals surface area contributed by atoms with Crippen molar-refractivity contribution < 1.29 is 14.3 Å². The van der Waals surface area contributed by atoms with Crippen molar-refractivity contribution in [2.45, 2.75) is 6.92 Å². The van der Waals surface area contributed by atoms with Crippen molar-refractivity contribution in [2.24, 2.45) is 0 Å². The number of carbonyl (C=O) groups excluding carboxylic acids is 1. The first-order valence-corrected chi connectivity index (χ1v) is 9.20. The van der Waals surface area contributed by atoms with Gasteiger partial charge in [0.25, 0.3) is 0 Å². The van der Waals surface area contributed by atoms with Gasteiger partial charge in [0, 0.05) is 28.6 Å². The molecule has 0 spiro atoms. The lowest BCUT2D eigenvalue weighted by atomic mass is 10.1. The van der Waals surface area contributed by atoms with E-state index in [1.165, 1.54) is 23.0 Å². The van der Waals surface area contributed by atoms with Crippen molar-refractivity contribution in [2.75, 3.05) is 19.5 Å². The second kappa shape index (κ2) is 8.51. The first-order valence-electron chi connectivity index (χ1n) is 8.32. The normalized spacial score (nSPS) is 10.8. The van der Waals surface area contributed by atoms with Gasteiger partial charge in [0.2, 0.25) is 5.91 Å². The molecule has 1 aromatic heterocycles. The fraction of sp³-hybridized carbons (Fsp3) is 0.143. The molecule has 0 aliphatic heterocycles. The minimum atomic E-state index is -0.252.